The highest BCUT2D eigenvalue weighted by Gasteiger charge is 2.07. The van der Waals surface area contributed by atoms with Crippen LogP contribution in [0.1, 0.15) is 22.9 Å². The molecule has 4 heteroatoms. The van der Waals surface area contributed by atoms with E-state index >= 15 is 0 Å². The van der Waals surface area contributed by atoms with Crippen LogP contribution >= 0.6 is 11.3 Å². The van der Waals surface area contributed by atoms with Crippen molar-refractivity contribution in [3.8, 4) is 0 Å². The molecule has 0 bridgehead atoms. The van der Waals surface area contributed by atoms with Crippen LogP contribution in [0.4, 0.5) is 0 Å². The lowest BCUT2D eigenvalue weighted by molar-refractivity contribution is 0.560. The van der Waals surface area contributed by atoms with Gasteiger partial charge in [0.25, 0.3) is 0 Å². The minimum Gasteiger partial charge on any atom is -0.318 e. The number of thiazole rings is 1. The zero-order valence-electron chi connectivity index (χ0n) is 8.42. The Kier molecular flexibility index (Phi) is 4.35. The van der Waals surface area contributed by atoms with Gasteiger partial charge >= 0.3 is 0 Å². The van der Waals surface area contributed by atoms with E-state index in [4.69, 9.17) is 0 Å². The summed E-state index contributed by atoms with van der Waals surface area (Å²) in [6.45, 7) is 6.21. The minimum atomic E-state index is 0.368. The van der Waals surface area contributed by atoms with Gasteiger partial charge < -0.3 is 10.6 Å². The maximum Gasteiger partial charge on any atom is 0.109 e. The molecule has 3 nitrogen and oxygen atoms in total. The Labute approximate surface area is 83.6 Å². The lowest BCUT2D eigenvalue weighted by atomic mass is 10.3. The zero-order chi connectivity index (χ0) is 9.68. The number of hydrogen-bond acceptors (Lipinski definition) is 4. The number of nitrogens with zero attached hydrogens (tertiary/aromatic N) is 1. The molecule has 1 aromatic heterocycles. The number of hydrogen-bond donors (Lipinski definition) is 2. The second-order valence-electron chi connectivity index (χ2n) is 3.09. The first kappa shape index (κ1) is 10.6. The Morgan fingerprint density at radius 3 is 2.85 bits per heavy atom. The van der Waals surface area contributed by atoms with Crippen LogP contribution in [0, 0.1) is 6.92 Å². The highest BCUT2D eigenvalue weighted by atomic mass is 32.1. The number of rotatable bonds is 5. The van der Waals surface area contributed by atoms with E-state index in [9.17, 15) is 0 Å². The summed E-state index contributed by atoms with van der Waals surface area (Å²) in [5, 5.41) is 7.67. The van der Waals surface area contributed by atoms with Crippen molar-refractivity contribution in [3.05, 3.63) is 16.1 Å². The minimum absolute atomic E-state index is 0.368. The largest absolute Gasteiger partial charge is 0.318 e. The van der Waals surface area contributed by atoms with Crippen LogP contribution in [0.5, 0.6) is 0 Å². The Hall–Kier alpha value is -0.450. The first-order valence-corrected chi connectivity index (χ1v) is 5.36. The van der Waals surface area contributed by atoms with Crippen LogP contribution in [-0.4, -0.2) is 25.1 Å². The average molecular weight is 199 g/mol. The molecule has 1 rings (SSSR count). The summed E-state index contributed by atoms with van der Waals surface area (Å²) in [6, 6.07) is 0.368. The monoisotopic (exact) mass is 199 g/mol. The third-order valence-electron chi connectivity index (χ3n) is 1.84. The number of likely N-dealkylation sites (N-methyl/N-ethyl adjacent to an activating group) is 1. The molecule has 2 N–H and O–H groups in total. The molecule has 0 saturated carbocycles. The summed E-state index contributed by atoms with van der Waals surface area (Å²) in [5.74, 6) is 0. The van der Waals surface area contributed by atoms with E-state index in [0.29, 0.717) is 6.04 Å². The second kappa shape index (κ2) is 5.32. The Bertz CT molecular complexity index is 247. The van der Waals surface area contributed by atoms with Crippen molar-refractivity contribution in [2.45, 2.75) is 19.9 Å². The molecule has 0 aliphatic rings. The first-order valence-electron chi connectivity index (χ1n) is 4.54. The molecule has 0 aliphatic carbocycles. The first-order chi connectivity index (χ1) is 6.24. The van der Waals surface area contributed by atoms with Gasteiger partial charge in [-0.05, 0) is 20.9 Å². The fourth-order valence-corrected chi connectivity index (χ4v) is 1.87. The van der Waals surface area contributed by atoms with E-state index in [1.807, 2.05) is 13.2 Å². The van der Waals surface area contributed by atoms with E-state index in [1.54, 1.807) is 11.3 Å². The lowest BCUT2D eigenvalue weighted by Gasteiger charge is -2.09. The summed E-state index contributed by atoms with van der Waals surface area (Å²) < 4.78 is 0. The molecular weight excluding hydrogens is 182 g/mol. The Morgan fingerprint density at radius 1 is 1.54 bits per heavy atom. The van der Waals surface area contributed by atoms with Gasteiger partial charge in [-0.1, -0.05) is 0 Å². The molecule has 0 spiro atoms. The smallest absolute Gasteiger partial charge is 0.109 e. The van der Waals surface area contributed by atoms with Crippen molar-refractivity contribution in [2.75, 3.05) is 20.1 Å². The molecule has 0 aromatic carbocycles. The summed E-state index contributed by atoms with van der Waals surface area (Å²) in [7, 11) is 1.96. The number of aromatic nitrogens is 1. The van der Waals surface area contributed by atoms with Crippen molar-refractivity contribution in [3.63, 3.8) is 0 Å². The fraction of sp³-hybridized carbons (Fsp3) is 0.667. The number of nitrogens with one attached hydrogen (secondary N) is 2. The predicted octanol–water partition coefficient (Wildman–Crippen LogP) is 1.32. The second-order valence-corrected chi connectivity index (χ2v) is 4.35. The van der Waals surface area contributed by atoms with Gasteiger partial charge in [-0.3, -0.25) is 0 Å². The van der Waals surface area contributed by atoms with Crippen LogP contribution in [0.2, 0.25) is 0 Å². The van der Waals surface area contributed by atoms with Gasteiger partial charge in [-0.25, -0.2) is 4.98 Å². The van der Waals surface area contributed by atoms with Crippen molar-refractivity contribution < 1.29 is 0 Å². The van der Waals surface area contributed by atoms with Gasteiger partial charge in [0.1, 0.15) is 5.01 Å². The predicted molar refractivity (Wildman–Crippen MR) is 57.2 cm³/mol. The van der Waals surface area contributed by atoms with Gasteiger partial charge in [0.05, 0.1) is 6.04 Å². The molecule has 1 unspecified atom stereocenters. The topological polar surface area (TPSA) is 37.0 Å². The lowest BCUT2D eigenvalue weighted by Crippen LogP contribution is -2.27. The highest BCUT2D eigenvalue weighted by Crippen LogP contribution is 2.18. The van der Waals surface area contributed by atoms with Gasteiger partial charge in [0.15, 0.2) is 0 Å². The quantitative estimate of drug-likeness (QED) is 0.702. The van der Waals surface area contributed by atoms with Gasteiger partial charge in [0, 0.05) is 24.2 Å². The van der Waals surface area contributed by atoms with Gasteiger partial charge in [-0.15, -0.1) is 11.3 Å². The van der Waals surface area contributed by atoms with Crippen molar-refractivity contribution in [2.24, 2.45) is 0 Å². The van der Waals surface area contributed by atoms with Gasteiger partial charge in [0.2, 0.25) is 0 Å². The molecule has 13 heavy (non-hydrogen) atoms. The normalized spacial score (nSPS) is 13.2. The summed E-state index contributed by atoms with van der Waals surface area (Å²) >= 11 is 1.76. The maximum atomic E-state index is 4.33. The Balaban J connectivity index is 2.35. The summed E-state index contributed by atoms with van der Waals surface area (Å²) in [6.07, 6.45) is 1.93. The van der Waals surface area contributed by atoms with E-state index < -0.39 is 0 Å². The van der Waals surface area contributed by atoms with E-state index in [-0.39, 0.29) is 0 Å². The van der Waals surface area contributed by atoms with Crippen molar-refractivity contribution >= 4 is 11.3 Å². The molecule has 1 aromatic rings. The van der Waals surface area contributed by atoms with Gasteiger partial charge in [-0.2, -0.15) is 0 Å². The zero-order valence-corrected chi connectivity index (χ0v) is 9.24. The third-order valence-corrected chi connectivity index (χ3v) is 2.93. The van der Waals surface area contributed by atoms with Crippen molar-refractivity contribution in [1.29, 1.82) is 0 Å². The summed E-state index contributed by atoms with van der Waals surface area (Å²) in [4.78, 5) is 5.61. The third kappa shape index (κ3) is 3.42. The molecule has 74 valence electrons. The highest BCUT2D eigenvalue weighted by molar-refractivity contribution is 7.11. The SMILES string of the molecule is CNCCNC(C)c1ncc(C)s1. The van der Waals surface area contributed by atoms with Crippen LogP contribution in [-0.2, 0) is 0 Å². The molecule has 0 aliphatic heterocycles. The maximum absolute atomic E-state index is 4.33. The van der Waals surface area contributed by atoms with Crippen LogP contribution in [0.15, 0.2) is 6.20 Å². The standard InChI is InChI=1S/C9H17N3S/c1-7-6-12-9(13-7)8(2)11-5-4-10-3/h6,8,10-11H,4-5H2,1-3H3. The molecule has 1 atom stereocenters. The summed E-state index contributed by atoms with van der Waals surface area (Å²) in [5.41, 5.74) is 0. The van der Waals surface area contributed by atoms with Crippen LogP contribution in [0.25, 0.3) is 0 Å². The van der Waals surface area contributed by atoms with E-state index in [0.717, 1.165) is 13.1 Å². The molecule has 1 heterocycles. The average Bonchev–Trinajstić information content (AvgIpc) is 2.52. The van der Waals surface area contributed by atoms with E-state index in [1.165, 1.54) is 9.88 Å². The van der Waals surface area contributed by atoms with Crippen molar-refractivity contribution in [1.82, 2.24) is 15.6 Å². The van der Waals surface area contributed by atoms with E-state index in [2.05, 4.69) is 29.5 Å². The molecule has 0 radical (unpaired) electrons. The fourth-order valence-electron chi connectivity index (χ4n) is 1.07. The molecular formula is C9H17N3S. The molecule has 0 amide bonds. The van der Waals surface area contributed by atoms with Crippen LogP contribution in [0.3, 0.4) is 0 Å². The molecule has 0 saturated heterocycles. The molecule has 0 fully saturated rings. The number of aryl methyl sites for hydroxylation is 1. The Morgan fingerprint density at radius 2 is 2.31 bits per heavy atom. The van der Waals surface area contributed by atoms with Crippen LogP contribution < -0.4 is 10.6 Å².